The third-order valence-corrected chi connectivity index (χ3v) is 8.40. The Kier molecular flexibility index (Phi) is 6.05. The Labute approximate surface area is 239 Å². The van der Waals surface area contributed by atoms with Gasteiger partial charge in [0.15, 0.2) is 5.54 Å². The summed E-state index contributed by atoms with van der Waals surface area (Å²) in [5.74, 6) is -0.982. The lowest BCUT2D eigenvalue weighted by Gasteiger charge is -2.37. The molecule has 1 spiro atoms. The summed E-state index contributed by atoms with van der Waals surface area (Å²) in [6.07, 6.45) is 5.17. The largest absolute Gasteiger partial charge is 0.496 e. The zero-order valence-corrected chi connectivity index (χ0v) is 23.2. The standard InChI is InChI=1S/C29H24Cl2N4O5/c1-14(2)26-25-18(13-32-26)27(36)34(23-10-15(30)8-9-22(23)35(38)39)29(25)19-11-17(16-6-4-5-7-24(16)40-3)20(31)12-21(19)33-28(29)37/h4-14,17,20,32H,1-3H3,(H,33,37). The van der Waals surface area contributed by atoms with Gasteiger partial charge >= 0.3 is 0 Å². The van der Waals surface area contributed by atoms with Gasteiger partial charge in [0, 0.05) is 51.3 Å². The maximum atomic E-state index is 14.3. The summed E-state index contributed by atoms with van der Waals surface area (Å²) in [5.41, 5.74) is 0.946. The van der Waals surface area contributed by atoms with Crippen molar-refractivity contribution in [3.8, 4) is 5.75 Å². The topological polar surface area (TPSA) is 118 Å². The Morgan fingerprint density at radius 1 is 1.15 bits per heavy atom. The van der Waals surface area contributed by atoms with Crippen molar-refractivity contribution in [1.82, 2.24) is 10.3 Å². The van der Waals surface area contributed by atoms with Crippen molar-refractivity contribution in [1.29, 1.82) is 0 Å². The van der Waals surface area contributed by atoms with E-state index < -0.39 is 33.6 Å². The molecule has 1 aromatic heterocycles. The lowest BCUT2D eigenvalue weighted by Crippen LogP contribution is -2.51. The number of hydrogen-bond donors (Lipinski definition) is 2. The van der Waals surface area contributed by atoms with Crippen molar-refractivity contribution in [2.24, 2.45) is 0 Å². The highest BCUT2D eigenvalue weighted by Crippen LogP contribution is 2.57. The minimum absolute atomic E-state index is 0.0763. The molecule has 3 unspecified atom stereocenters. The van der Waals surface area contributed by atoms with Crippen LogP contribution < -0.4 is 15.0 Å². The molecule has 2 N–H and O–H groups in total. The second kappa shape index (κ2) is 9.25. The van der Waals surface area contributed by atoms with Gasteiger partial charge in [0.25, 0.3) is 17.5 Å². The van der Waals surface area contributed by atoms with E-state index in [1.54, 1.807) is 19.4 Å². The number of aromatic amines is 1. The number of allylic oxidation sites excluding steroid dienone is 2. The highest BCUT2D eigenvalue weighted by molar-refractivity contribution is 6.31. The van der Waals surface area contributed by atoms with Gasteiger partial charge in [0.05, 0.1) is 23.0 Å². The quantitative estimate of drug-likeness (QED) is 0.222. The van der Waals surface area contributed by atoms with Crippen molar-refractivity contribution in [2.45, 2.75) is 36.6 Å². The van der Waals surface area contributed by atoms with E-state index in [1.165, 1.54) is 23.1 Å². The number of nitrogens with zero attached hydrogens (tertiary/aromatic N) is 2. The molecular formula is C29H24Cl2N4O5. The average Bonchev–Trinajstić information content (AvgIpc) is 3.55. The Morgan fingerprint density at radius 2 is 1.90 bits per heavy atom. The van der Waals surface area contributed by atoms with Crippen molar-refractivity contribution >= 4 is 46.4 Å². The number of benzene rings is 2. The molecule has 3 aromatic rings. The van der Waals surface area contributed by atoms with Gasteiger partial charge in [-0.3, -0.25) is 24.6 Å². The molecule has 6 rings (SSSR count). The Balaban J connectivity index is 1.69. The summed E-state index contributed by atoms with van der Waals surface area (Å²) in [6, 6.07) is 11.4. The van der Waals surface area contributed by atoms with Gasteiger partial charge in [-0.05, 0) is 30.2 Å². The number of carbonyl (C=O) groups excluding carboxylic acids is 2. The summed E-state index contributed by atoms with van der Waals surface area (Å²) < 4.78 is 5.60. The fourth-order valence-electron chi connectivity index (χ4n) is 6.10. The van der Waals surface area contributed by atoms with Gasteiger partial charge in [-0.2, -0.15) is 0 Å². The third kappa shape index (κ3) is 3.47. The molecule has 2 amide bonds. The summed E-state index contributed by atoms with van der Waals surface area (Å²) in [4.78, 5) is 44.5. The van der Waals surface area contributed by atoms with Crippen LogP contribution in [-0.2, 0) is 10.3 Å². The lowest BCUT2D eigenvalue weighted by atomic mass is 9.76. The monoisotopic (exact) mass is 578 g/mol. The third-order valence-electron chi connectivity index (χ3n) is 7.76. The number of H-pyrrole nitrogens is 1. The zero-order valence-electron chi connectivity index (χ0n) is 21.7. The first-order valence-corrected chi connectivity index (χ1v) is 13.5. The predicted molar refractivity (Wildman–Crippen MR) is 151 cm³/mol. The molecule has 3 aliphatic rings. The number of methoxy groups -OCH3 is 1. The number of nitro benzene ring substituents is 1. The number of halogens is 2. The minimum Gasteiger partial charge on any atom is -0.496 e. The molecule has 2 aromatic carbocycles. The van der Waals surface area contributed by atoms with Crippen molar-refractivity contribution in [2.75, 3.05) is 12.0 Å². The summed E-state index contributed by atoms with van der Waals surface area (Å²) in [7, 11) is 1.57. The molecule has 1 aliphatic carbocycles. The number of carbonyl (C=O) groups is 2. The van der Waals surface area contributed by atoms with Crippen molar-refractivity contribution in [3.63, 3.8) is 0 Å². The number of ether oxygens (including phenoxy) is 1. The Bertz CT molecular complexity index is 1680. The van der Waals surface area contributed by atoms with E-state index in [2.05, 4.69) is 10.3 Å². The highest BCUT2D eigenvalue weighted by Gasteiger charge is 2.65. The molecule has 204 valence electrons. The van der Waals surface area contributed by atoms with Crippen LogP contribution in [0.25, 0.3) is 0 Å². The van der Waals surface area contributed by atoms with Crippen LogP contribution in [0.3, 0.4) is 0 Å². The van der Waals surface area contributed by atoms with Crippen LogP contribution in [0.15, 0.2) is 72.1 Å². The van der Waals surface area contributed by atoms with E-state index in [4.69, 9.17) is 27.9 Å². The highest BCUT2D eigenvalue weighted by atomic mass is 35.5. The number of amides is 2. The number of anilines is 1. The molecular weight excluding hydrogens is 555 g/mol. The van der Waals surface area contributed by atoms with Gasteiger partial charge in [0.1, 0.15) is 11.4 Å². The first-order valence-electron chi connectivity index (χ1n) is 12.6. The van der Waals surface area contributed by atoms with Gasteiger partial charge < -0.3 is 15.0 Å². The lowest BCUT2D eigenvalue weighted by molar-refractivity contribution is -0.384. The summed E-state index contributed by atoms with van der Waals surface area (Å²) in [5, 5.41) is 14.7. The van der Waals surface area contributed by atoms with Crippen LogP contribution in [0, 0.1) is 10.1 Å². The molecule has 3 heterocycles. The van der Waals surface area contributed by atoms with Crippen LogP contribution in [0.1, 0.15) is 52.9 Å². The zero-order chi connectivity index (χ0) is 28.5. The van der Waals surface area contributed by atoms with E-state index in [1.807, 2.05) is 44.2 Å². The van der Waals surface area contributed by atoms with E-state index in [0.29, 0.717) is 28.3 Å². The average molecular weight is 579 g/mol. The summed E-state index contributed by atoms with van der Waals surface area (Å²) >= 11 is 13.2. The molecule has 0 radical (unpaired) electrons. The fraction of sp³-hybridized carbons (Fsp3) is 0.241. The smallest absolute Gasteiger partial charge is 0.293 e. The molecule has 0 saturated carbocycles. The number of fused-ring (bicyclic) bond motifs is 4. The molecule has 9 nitrogen and oxygen atoms in total. The number of hydrogen-bond acceptors (Lipinski definition) is 5. The second-order valence-electron chi connectivity index (χ2n) is 10.2. The molecule has 0 bridgehead atoms. The normalized spacial score (nSPS) is 23.2. The first kappa shape index (κ1) is 26.2. The second-order valence-corrected chi connectivity index (χ2v) is 11.2. The predicted octanol–water partition coefficient (Wildman–Crippen LogP) is 5.91. The minimum atomic E-state index is -1.75. The summed E-state index contributed by atoms with van der Waals surface area (Å²) in [6.45, 7) is 3.89. The molecule has 1 saturated heterocycles. The van der Waals surface area contributed by atoms with E-state index >= 15 is 0 Å². The number of nitro groups is 1. The van der Waals surface area contributed by atoms with Crippen LogP contribution in [0.2, 0.25) is 5.02 Å². The van der Waals surface area contributed by atoms with Gasteiger partial charge in [0.2, 0.25) is 0 Å². The van der Waals surface area contributed by atoms with Gasteiger partial charge in [-0.25, -0.2) is 0 Å². The van der Waals surface area contributed by atoms with E-state index in [-0.39, 0.29) is 27.9 Å². The van der Waals surface area contributed by atoms with Crippen molar-refractivity contribution in [3.05, 3.63) is 110 Å². The molecule has 2 aliphatic heterocycles. The van der Waals surface area contributed by atoms with Crippen LogP contribution >= 0.6 is 23.2 Å². The molecule has 3 atom stereocenters. The first-order chi connectivity index (χ1) is 19.1. The molecule has 11 heteroatoms. The Hall–Kier alpha value is -4.08. The van der Waals surface area contributed by atoms with E-state index in [9.17, 15) is 19.7 Å². The number of nitrogens with one attached hydrogen (secondary N) is 2. The van der Waals surface area contributed by atoms with E-state index in [0.717, 1.165) is 5.56 Å². The molecule has 1 fully saturated rings. The van der Waals surface area contributed by atoms with Crippen LogP contribution in [-0.4, -0.2) is 34.2 Å². The number of aromatic nitrogens is 1. The fourth-order valence-corrected chi connectivity index (χ4v) is 6.61. The van der Waals surface area contributed by atoms with Gasteiger partial charge in [-0.1, -0.05) is 49.7 Å². The van der Waals surface area contributed by atoms with Crippen molar-refractivity contribution < 1.29 is 19.2 Å². The SMILES string of the molecule is COc1ccccc1C1C=C2C(=CC1Cl)NC(=O)C21c2c(c[nH]c2C(C)C)C(=O)N1c1cc(Cl)ccc1[N+](=O)[O-]. The van der Waals surface area contributed by atoms with Gasteiger partial charge in [-0.15, -0.1) is 11.6 Å². The Morgan fingerprint density at radius 3 is 2.60 bits per heavy atom. The maximum Gasteiger partial charge on any atom is 0.293 e. The van der Waals surface area contributed by atoms with Crippen LogP contribution in [0.5, 0.6) is 5.75 Å². The van der Waals surface area contributed by atoms with Crippen LogP contribution in [0.4, 0.5) is 11.4 Å². The molecule has 40 heavy (non-hydrogen) atoms. The maximum absolute atomic E-state index is 14.3. The number of para-hydroxylation sites is 1. The number of alkyl halides is 1. The number of rotatable bonds is 5.